The quantitative estimate of drug-likeness (QED) is 0.898. The normalized spacial score (nSPS) is 18.2. The van der Waals surface area contributed by atoms with E-state index in [1.54, 1.807) is 0 Å². The summed E-state index contributed by atoms with van der Waals surface area (Å²) in [6.07, 6.45) is -0.428. The van der Waals surface area contributed by atoms with Crippen LogP contribution >= 0.6 is 11.6 Å². The molecule has 0 bridgehead atoms. The molecular weight excluding hydrogens is 262 g/mol. The number of halogens is 3. The van der Waals surface area contributed by atoms with Crippen LogP contribution in [0.25, 0.3) is 0 Å². The molecule has 5 heteroatoms. The maximum Gasteiger partial charge on any atom is 0.314 e. The van der Waals surface area contributed by atoms with Crippen LogP contribution < -0.4 is 0 Å². The summed E-state index contributed by atoms with van der Waals surface area (Å²) < 4.78 is 26.0. The Morgan fingerprint density at radius 3 is 2.44 bits per heavy atom. The Kier molecular flexibility index (Phi) is 3.57. The Morgan fingerprint density at radius 1 is 1.33 bits per heavy atom. The Morgan fingerprint density at radius 2 is 1.94 bits per heavy atom. The molecule has 1 aliphatic carbocycles. The predicted octanol–water partition coefficient (Wildman–Crippen LogP) is 4.17. The molecule has 0 atom stereocenters. The molecule has 1 aliphatic rings. The van der Waals surface area contributed by atoms with Gasteiger partial charge >= 0.3 is 5.97 Å². The second kappa shape index (κ2) is 4.84. The van der Waals surface area contributed by atoms with E-state index in [2.05, 4.69) is 0 Å². The molecule has 0 radical (unpaired) electrons. The second-order valence-electron chi connectivity index (χ2n) is 4.63. The molecule has 1 aromatic rings. The number of carboxylic acid groups (broad SMARTS) is 1. The summed E-state index contributed by atoms with van der Waals surface area (Å²) >= 11 is 5.83. The lowest BCUT2D eigenvalue weighted by Gasteiger charge is -2.27. The summed E-state index contributed by atoms with van der Waals surface area (Å²) in [6, 6.07) is 3.98. The zero-order chi connectivity index (χ0) is 13.3. The van der Waals surface area contributed by atoms with Crippen LogP contribution in [-0.4, -0.2) is 11.1 Å². The number of carbonyl (C=O) groups is 1. The molecule has 0 heterocycles. The first-order valence-electron chi connectivity index (χ1n) is 5.79. The summed E-state index contributed by atoms with van der Waals surface area (Å²) in [7, 11) is 0. The molecule has 1 N–H and O–H groups in total. The molecule has 0 spiro atoms. The van der Waals surface area contributed by atoms with Gasteiger partial charge in [0.2, 0.25) is 0 Å². The van der Waals surface area contributed by atoms with Crippen molar-refractivity contribution >= 4 is 17.6 Å². The number of aliphatic carboxylic acids is 1. The first-order chi connectivity index (χ1) is 8.47. The van der Waals surface area contributed by atoms with E-state index in [0.717, 1.165) is 12.8 Å². The highest BCUT2D eigenvalue weighted by molar-refractivity contribution is 6.30. The summed E-state index contributed by atoms with van der Waals surface area (Å²) in [5, 5.41) is 9.72. The summed E-state index contributed by atoms with van der Waals surface area (Å²) in [6.45, 7) is 0. The molecule has 2 rings (SSSR count). The van der Waals surface area contributed by atoms with Crippen molar-refractivity contribution in [3.05, 3.63) is 34.3 Å². The molecule has 0 aliphatic heterocycles. The van der Waals surface area contributed by atoms with E-state index in [1.165, 1.54) is 18.2 Å². The number of rotatable bonds is 3. The third kappa shape index (κ3) is 2.09. The van der Waals surface area contributed by atoms with E-state index in [1.807, 2.05) is 0 Å². The Balaban J connectivity index is 2.60. The van der Waals surface area contributed by atoms with Crippen LogP contribution in [-0.2, 0) is 10.2 Å². The second-order valence-corrected chi connectivity index (χ2v) is 5.06. The van der Waals surface area contributed by atoms with Crippen molar-refractivity contribution < 1.29 is 18.7 Å². The topological polar surface area (TPSA) is 37.3 Å². The molecular formula is C13H13ClF2O2. The zero-order valence-corrected chi connectivity index (χ0v) is 10.4. The SMILES string of the molecule is O=C(O)C1(c2cc(Cl)ccc2C(F)F)CCCC1. The van der Waals surface area contributed by atoms with Crippen molar-refractivity contribution in [2.75, 3.05) is 0 Å². The first-order valence-corrected chi connectivity index (χ1v) is 6.16. The molecule has 2 nitrogen and oxygen atoms in total. The number of hydrogen-bond acceptors (Lipinski definition) is 1. The minimum Gasteiger partial charge on any atom is -0.481 e. The molecule has 0 saturated heterocycles. The first kappa shape index (κ1) is 13.3. The van der Waals surface area contributed by atoms with E-state index >= 15 is 0 Å². The average Bonchev–Trinajstić information content (AvgIpc) is 2.78. The lowest BCUT2D eigenvalue weighted by Crippen LogP contribution is -2.33. The lowest BCUT2D eigenvalue weighted by molar-refractivity contribution is -0.143. The summed E-state index contributed by atoms with van der Waals surface area (Å²) in [5.74, 6) is -1.04. The number of hydrogen-bond donors (Lipinski definition) is 1. The van der Waals surface area contributed by atoms with E-state index in [4.69, 9.17) is 11.6 Å². The standard InChI is InChI=1S/C13H13ClF2O2/c14-8-3-4-9(11(15)16)10(7-8)13(12(17)18)5-1-2-6-13/h3-4,7,11H,1-2,5-6H2,(H,17,18). The minimum absolute atomic E-state index is 0.176. The van der Waals surface area contributed by atoms with Crippen molar-refractivity contribution in [3.8, 4) is 0 Å². The van der Waals surface area contributed by atoms with Gasteiger partial charge in [0.15, 0.2) is 0 Å². The Labute approximate surface area is 109 Å². The highest BCUT2D eigenvalue weighted by Crippen LogP contribution is 2.45. The van der Waals surface area contributed by atoms with Gasteiger partial charge in [0.1, 0.15) is 0 Å². The third-order valence-corrected chi connectivity index (χ3v) is 3.87. The monoisotopic (exact) mass is 274 g/mol. The molecule has 18 heavy (non-hydrogen) atoms. The zero-order valence-electron chi connectivity index (χ0n) is 9.63. The largest absolute Gasteiger partial charge is 0.481 e. The molecule has 0 aromatic heterocycles. The van der Waals surface area contributed by atoms with Crippen molar-refractivity contribution in [3.63, 3.8) is 0 Å². The predicted molar refractivity (Wildman–Crippen MR) is 64.2 cm³/mol. The van der Waals surface area contributed by atoms with E-state index < -0.39 is 17.8 Å². The van der Waals surface area contributed by atoms with Crippen molar-refractivity contribution in [2.45, 2.75) is 37.5 Å². The maximum atomic E-state index is 13.0. The van der Waals surface area contributed by atoms with Gasteiger partial charge in [-0.15, -0.1) is 0 Å². The van der Waals surface area contributed by atoms with Crippen LogP contribution in [0.4, 0.5) is 8.78 Å². The van der Waals surface area contributed by atoms with Crippen LogP contribution in [0.15, 0.2) is 18.2 Å². The number of carboxylic acids is 1. The van der Waals surface area contributed by atoms with Gasteiger partial charge in [-0.25, -0.2) is 8.78 Å². The minimum atomic E-state index is -2.69. The highest BCUT2D eigenvalue weighted by atomic mass is 35.5. The highest BCUT2D eigenvalue weighted by Gasteiger charge is 2.45. The van der Waals surface area contributed by atoms with Gasteiger partial charge in [-0.3, -0.25) is 4.79 Å². The molecule has 98 valence electrons. The van der Waals surface area contributed by atoms with Crippen LogP contribution in [0.2, 0.25) is 5.02 Å². The maximum absolute atomic E-state index is 13.0. The van der Waals surface area contributed by atoms with Gasteiger partial charge in [-0.2, -0.15) is 0 Å². The fourth-order valence-corrected chi connectivity index (χ4v) is 2.88. The molecule has 1 fully saturated rings. The summed E-state index contributed by atoms with van der Waals surface area (Å²) in [5.41, 5.74) is -1.24. The van der Waals surface area contributed by atoms with Gasteiger partial charge in [0, 0.05) is 10.6 Å². The molecule has 1 aromatic carbocycles. The Hall–Kier alpha value is -1.16. The van der Waals surface area contributed by atoms with E-state index in [9.17, 15) is 18.7 Å². The third-order valence-electron chi connectivity index (χ3n) is 3.63. The van der Waals surface area contributed by atoms with Gasteiger partial charge in [0.05, 0.1) is 5.41 Å². The summed E-state index contributed by atoms with van der Waals surface area (Å²) in [4.78, 5) is 11.5. The fourth-order valence-electron chi connectivity index (χ4n) is 2.71. The molecule has 0 unspecified atom stereocenters. The van der Waals surface area contributed by atoms with Gasteiger partial charge in [0.25, 0.3) is 6.43 Å². The molecule has 0 amide bonds. The van der Waals surface area contributed by atoms with Gasteiger partial charge in [-0.1, -0.05) is 30.5 Å². The van der Waals surface area contributed by atoms with Crippen LogP contribution in [0.5, 0.6) is 0 Å². The van der Waals surface area contributed by atoms with Crippen molar-refractivity contribution in [1.82, 2.24) is 0 Å². The van der Waals surface area contributed by atoms with Gasteiger partial charge in [-0.05, 0) is 30.5 Å². The van der Waals surface area contributed by atoms with Crippen molar-refractivity contribution in [1.29, 1.82) is 0 Å². The fraction of sp³-hybridized carbons (Fsp3) is 0.462. The lowest BCUT2D eigenvalue weighted by atomic mass is 9.76. The van der Waals surface area contributed by atoms with E-state index in [0.29, 0.717) is 17.9 Å². The van der Waals surface area contributed by atoms with Crippen molar-refractivity contribution in [2.24, 2.45) is 0 Å². The average molecular weight is 275 g/mol. The smallest absolute Gasteiger partial charge is 0.314 e. The van der Waals surface area contributed by atoms with Gasteiger partial charge < -0.3 is 5.11 Å². The van der Waals surface area contributed by atoms with Crippen LogP contribution in [0, 0.1) is 0 Å². The molecule has 1 saturated carbocycles. The van der Waals surface area contributed by atoms with E-state index in [-0.39, 0.29) is 11.1 Å². The van der Waals surface area contributed by atoms with Crippen LogP contribution in [0.3, 0.4) is 0 Å². The Bertz CT molecular complexity index is 468. The number of benzene rings is 1. The van der Waals surface area contributed by atoms with Crippen LogP contribution in [0.1, 0.15) is 43.2 Å². The number of alkyl halides is 2.